The third kappa shape index (κ3) is 3.13. The molecule has 2 bridgehead atoms. The molecule has 2 aliphatic heterocycles. The van der Waals surface area contributed by atoms with E-state index in [1.165, 1.54) is 6.07 Å². The number of nitrogens with two attached hydrogens (primary N) is 1. The SMILES string of the molecule is NC1CC2CCC(C1)N2c1ccc(Br)cc1OC(F)(F)F. The Morgan fingerprint density at radius 2 is 1.81 bits per heavy atom. The first kappa shape index (κ1) is 15.0. The molecule has 116 valence electrons. The Labute approximate surface area is 129 Å². The van der Waals surface area contributed by atoms with Crippen molar-refractivity contribution in [1.29, 1.82) is 0 Å². The van der Waals surface area contributed by atoms with E-state index in [1.54, 1.807) is 12.1 Å². The second kappa shape index (κ2) is 5.35. The highest BCUT2D eigenvalue weighted by molar-refractivity contribution is 9.10. The van der Waals surface area contributed by atoms with Crippen LogP contribution in [0.3, 0.4) is 0 Å². The van der Waals surface area contributed by atoms with Gasteiger partial charge in [0, 0.05) is 22.6 Å². The summed E-state index contributed by atoms with van der Waals surface area (Å²) in [5.74, 6) is -0.149. The van der Waals surface area contributed by atoms with Crippen LogP contribution in [-0.2, 0) is 0 Å². The monoisotopic (exact) mass is 364 g/mol. The molecule has 7 heteroatoms. The summed E-state index contributed by atoms with van der Waals surface area (Å²) in [4.78, 5) is 2.07. The van der Waals surface area contributed by atoms with Gasteiger partial charge in [-0.2, -0.15) is 0 Å². The van der Waals surface area contributed by atoms with Gasteiger partial charge in [0.1, 0.15) is 0 Å². The van der Waals surface area contributed by atoms with E-state index in [0.29, 0.717) is 10.2 Å². The summed E-state index contributed by atoms with van der Waals surface area (Å²) in [5, 5.41) is 0. The summed E-state index contributed by atoms with van der Waals surface area (Å²) in [6, 6.07) is 5.35. The lowest BCUT2D eigenvalue weighted by molar-refractivity contribution is -0.274. The van der Waals surface area contributed by atoms with Gasteiger partial charge in [0.2, 0.25) is 0 Å². The Hall–Kier alpha value is -0.950. The van der Waals surface area contributed by atoms with Crippen LogP contribution in [0.2, 0.25) is 0 Å². The van der Waals surface area contributed by atoms with Crippen molar-refractivity contribution in [3.05, 3.63) is 22.7 Å². The topological polar surface area (TPSA) is 38.5 Å². The summed E-state index contributed by atoms with van der Waals surface area (Å²) >= 11 is 3.20. The molecule has 2 fully saturated rings. The first-order valence-corrected chi connectivity index (χ1v) is 7.72. The van der Waals surface area contributed by atoms with Gasteiger partial charge in [-0.15, -0.1) is 13.2 Å². The molecule has 2 N–H and O–H groups in total. The molecule has 3 nitrogen and oxygen atoms in total. The molecule has 1 aromatic rings. The van der Waals surface area contributed by atoms with Crippen molar-refractivity contribution >= 4 is 21.6 Å². The largest absolute Gasteiger partial charge is 0.573 e. The van der Waals surface area contributed by atoms with Crippen LogP contribution in [0, 0.1) is 0 Å². The Balaban J connectivity index is 1.95. The fourth-order valence-electron chi connectivity index (χ4n) is 3.52. The van der Waals surface area contributed by atoms with Crippen LogP contribution in [0.25, 0.3) is 0 Å². The van der Waals surface area contributed by atoms with Gasteiger partial charge in [-0.25, -0.2) is 0 Å². The summed E-state index contributed by atoms with van der Waals surface area (Å²) in [5.41, 5.74) is 6.52. The smallest absolute Gasteiger partial charge is 0.404 e. The third-order valence-electron chi connectivity index (χ3n) is 4.20. The van der Waals surface area contributed by atoms with E-state index in [2.05, 4.69) is 25.6 Å². The standard InChI is InChI=1S/C14H16BrF3N2O/c15-8-1-4-12(13(5-8)21-14(16,17)18)20-10-2-3-11(20)7-9(19)6-10/h1,4-5,9-11H,2-3,6-7,19H2. The van der Waals surface area contributed by atoms with Crippen LogP contribution in [0.5, 0.6) is 5.75 Å². The number of hydrogen-bond acceptors (Lipinski definition) is 3. The highest BCUT2D eigenvalue weighted by Gasteiger charge is 2.42. The maximum atomic E-state index is 12.6. The van der Waals surface area contributed by atoms with Crippen molar-refractivity contribution < 1.29 is 17.9 Å². The Morgan fingerprint density at radius 3 is 2.38 bits per heavy atom. The number of nitrogens with zero attached hydrogens (tertiary/aromatic N) is 1. The molecule has 2 aliphatic rings. The lowest BCUT2D eigenvalue weighted by Crippen LogP contribution is -2.47. The number of fused-ring (bicyclic) bond motifs is 2. The van der Waals surface area contributed by atoms with Gasteiger partial charge >= 0.3 is 6.36 Å². The Bertz CT molecular complexity index is 523. The number of ether oxygens (including phenoxy) is 1. The minimum atomic E-state index is -4.69. The van der Waals surface area contributed by atoms with Gasteiger partial charge in [-0.05, 0) is 43.9 Å². The van der Waals surface area contributed by atoms with E-state index in [-0.39, 0.29) is 23.9 Å². The van der Waals surface area contributed by atoms with Gasteiger partial charge < -0.3 is 15.4 Å². The van der Waals surface area contributed by atoms with Crippen molar-refractivity contribution in [1.82, 2.24) is 0 Å². The number of anilines is 1. The zero-order chi connectivity index (χ0) is 15.2. The molecule has 2 saturated heterocycles. The van der Waals surface area contributed by atoms with Crippen LogP contribution in [0.4, 0.5) is 18.9 Å². The molecule has 0 spiro atoms. The Kier molecular flexibility index (Phi) is 3.81. The van der Waals surface area contributed by atoms with Crippen LogP contribution in [0.15, 0.2) is 22.7 Å². The molecule has 0 amide bonds. The minimum Gasteiger partial charge on any atom is -0.404 e. The maximum absolute atomic E-state index is 12.6. The zero-order valence-corrected chi connectivity index (χ0v) is 12.8. The number of piperidine rings is 1. The average molecular weight is 365 g/mol. The van der Waals surface area contributed by atoms with Crippen molar-refractivity contribution in [2.45, 2.75) is 50.2 Å². The second-order valence-corrected chi connectivity index (χ2v) is 6.60. The molecule has 1 aromatic carbocycles. The molecule has 0 aromatic heterocycles. The Morgan fingerprint density at radius 1 is 1.19 bits per heavy atom. The lowest BCUT2D eigenvalue weighted by Gasteiger charge is -2.40. The number of hydrogen-bond donors (Lipinski definition) is 1. The normalized spacial score (nSPS) is 28.8. The molecule has 3 rings (SSSR count). The van der Waals surface area contributed by atoms with Crippen LogP contribution in [0.1, 0.15) is 25.7 Å². The van der Waals surface area contributed by atoms with Gasteiger partial charge in [0.25, 0.3) is 0 Å². The molecular formula is C14H16BrF3N2O. The summed E-state index contributed by atoms with van der Waals surface area (Å²) in [6.45, 7) is 0. The number of rotatable bonds is 2. The highest BCUT2D eigenvalue weighted by Crippen LogP contribution is 2.44. The second-order valence-electron chi connectivity index (χ2n) is 5.68. The van der Waals surface area contributed by atoms with E-state index < -0.39 is 6.36 Å². The molecule has 2 atom stereocenters. The van der Waals surface area contributed by atoms with Crippen molar-refractivity contribution in [3.8, 4) is 5.75 Å². The fourth-order valence-corrected chi connectivity index (χ4v) is 3.86. The van der Waals surface area contributed by atoms with Crippen LogP contribution < -0.4 is 15.4 Å². The third-order valence-corrected chi connectivity index (χ3v) is 4.69. The predicted molar refractivity (Wildman–Crippen MR) is 77.3 cm³/mol. The van der Waals surface area contributed by atoms with Gasteiger partial charge in [-0.1, -0.05) is 15.9 Å². The van der Waals surface area contributed by atoms with Gasteiger partial charge in [0.15, 0.2) is 5.75 Å². The molecule has 0 radical (unpaired) electrons. The highest BCUT2D eigenvalue weighted by atomic mass is 79.9. The van der Waals surface area contributed by atoms with E-state index >= 15 is 0 Å². The maximum Gasteiger partial charge on any atom is 0.573 e. The molecular weight excluding hydrogens is 349 g/mol. The van der Waals surface area contributed by atoms with E-state index in [9.17, 15) is 13.2 Å². The first-order chi connectivity index (χ1) is 9.83. The van der Waals surface area contributed by atoms with Crippen LogP contribution >= 0.6 is 15.9 Å². The quantitative estimate of drug-likeness (QED) is 0.867. The molecule has 21 heavy (non-hydrogen) atoms. The fraction of sp³-hybridized carbons (Fsp3) is 0.571. The lowest BCUT2D eigenvalue weighted by atomic mass is 9.97. The van der Waals surface area contributed by atoms with E-state index in [0.717, 1.165) is 25.7 Å². The number of alkyl halides is 3. The van der Waals surface area contributed by atoms with E-state index in [1.807, 2.05) is 0 Å². The van der Waals surface area contributed by atoms with Crippen molar-refractivity contribution in [2.24, 2.45) is 5.73 Å². The average Bonchev–Trinajstić information content (AvgIpc) is 2.61. The van der Waals surface area contributed by atoms with E-state index in [4.69, 9.17) is 5.73 Å². The molecule has 0 saturated carbocycles. The van der Waals surface area contributed by atoms with Crippen molar-refractivity contribution in [2.75, 3.05) is 4.90 Å². The van der Waals surface area contributed by atoms with Gasteiger partial charge in [0.05, 0.1) is 5.69 Å². The summed E-state index contributed by atoms with van der Waals surface area (Å²) < 4.78 is 42.6. The zero-order valence-electron chi connectivity index (χ0n) is 11.2. The first-order valence-electron chi connectivity index (χ1n) is 6.93. The van der Waals surface area contributed by atoms with Crippen LogP contribution in [-0.4, -0.2) is 24.5 Å². The number of halogens is 4. The molecule has 2 heterocycles. The molecule has 0 aliphatic carbocycles. The number of benzene rings is 1. The molecule has 2 unspecified atom stereocenters. The predicted octanol–water partition coefficient (Wildman–Crippen LogP) is 3.81. The van der Waals surface area contributed by atoms with Crippen molar-refractivity contribution in [3.63, 3.8) is 0 Å². The summed E-state index contributed by atoms with van der Waals surface area (Å²) in [6.07, 6.45) is -1.11. The van der Waals surface area contributed by atoms with Gasteiger partial charge in [-0.3, -0.25) is 0 Å². The minimum absolute atomic E-state index is 0.140. The summed E-state index contributed by atoms with van der Waals surface area (Å²) in [7, 11) is 0.